The van der Waals surface area contributed by atoms with Gasteiger partial charge in [0.25, 0.3) is 0 Å². The summed E-state index contributed by atoms with van der Waals surface area (Å²) in [6, 6.07) is 15.5. The summed E-state index contributed by atoms with van der Waals surface area (Å²) < 4.78 is 11.5. The van der Waals surface area contributed by atoms with Crippen LogP contribution in [-0.4, -0.2) is 34.7 Å². The van der Waals surface area contributed by atoms with Crippen molar-refractivity contribution in [3.63, 3.8) is 0 Å². The molecule has 1 aromatic heterocycles. The van der Waals surface area contributed by atoms with E-state index in [9.17, 15) is 4.79 Å². The molecule has 0 aliphatic carbocycles. The lowest BCUT2D eigenvalue weighted by atomic mass is 10.2. The van der Waals surface area contributed by atoms with Gasteiger partial charge in [-0.2, -0.15) is 0 Å². The molecule has 0 unspecified atom stereocenters. The minimum Gasteiger partial charge on any atom is -0.491 e. The third kappa shape index (κ3) is 5.20. The molecule has 5 nitrogen and oxygen atoms in total. The molecule has 3 aromatic rings. The summed E-state index contributed by atoms with van der Waals surface area (Å²) >= 11 is 6.25. The van der Waals surface area contributed by atoms with Crippen LogP contribution in [0.2, 0.25) is 5.02 Å². The van der Waals surface area contributed by atoms with Crippen LogP contribution < -0.4 is 4.74 Å². The van der Waals surface area contributed by atoms with Gasteiger partial charge in [-0.3, -0.25) is 0 Å². The zero-order valence-electron chi connectivity index (χ0n) is 16.4. The van der Waals surface area contributed by atoms with Gasteiger partial charge >= 0.3 is 6.09 Å². The van der Waals surface area contributed by atoms with E-state index in [1.54, 1.807) is 11.1 Å². The van der Waals surface area contributed by atoms with E-state index in [0.717, 1.165) is 16.5 Å². The van der Waals surface area contributed by atoms with Gasteiger partial charge in [0.2, 0.25) is 0 Å². The Kier molecular flexibility index (Phi) is 6.15. The molecule has 6 heteroatoms. The average molecular weight is 401 g/mol. The molecule has 0 spiro atoms. The Labute approximate surface area is 170 Å². The molecule has 0 fully saturated rings. The van der Waals surface area contributed by atoms with E-state index < -0.39 is 5.60 Å². The Morgan fingerprint density at radius 2 is 1.86 bits per heavy atom. The highest BCUT2D eigenvalue weighted by Crippen LogP contribution is 2.31. The maximum absolute atomic E-state index is 12.7. The maximum Gasteiger partial charge on any atom is 0.410 e. The molecule has 1 N–H and O–H groups in total. The van der Waals surface area contributed by atoms with E-state index in [4.69, 9.17) is 21.1 Å². The van der Waals surface area contributed by atoms with E-state index in [1.165, 1.54) is 0 Å². The molecule has 0 saturated heterocycles. The molecular formula is C22H25ClN2O3. The Balaban J connectivity index is 1.70. The molecule has 28 heavy (non-hydrogen) atoms. The Morgan fingerprint density at radius 3 is 2.57 bits per heavy atom. The number of fused-ring (bicyclic) bond motifs is 1. The summed E-state index contributed by atoms with van der Waals surface area (Å²) in [4.78, 5) is 17.4. The summed E-state index contributed by atoms with van der Waals surface area (Å²) in [5.74, 6) is 0.688. The fourth-order valence-corrected chi connectivity index (χ4v) is 3.11. The van der Waals surface area contributed by atoms with Gasteiger partial charge in [-0.15, -0.1) is 0 Å². The van der Waals surface area contributed by atoms with Crippen LogP contribution in [0.1, 0.15) is 26.3 Å². The van der Waals surface area contributed by atoms with Crippen molar-refractivity contribution in [3.05, 3.63) is 65.3 Å². The smallest absolute Gasteiger partial charge is 0.410 e. The number of carbonyl (C=O) groups excluding carboxylic acids is 1. The highest BCUT2D eigenvalue weighted by atomic mass is 35.5. The third-order valence-corrected chi connectivity index (χ3v) is 4.40. The third-order valence-electron chi connectivity index (χ3n) is 4.11. The molecule has 3 rings (SSSR count). The molecule has 1 heterocycles. The molecule has 2 aromatic carbocycles. The Hall–Kier alpha value is -2.66. The predicted octanol–water partition coefficient (Wildman–Crippen LogP) is 5.64. The lowest BCUT2D eigenvalue weighted by Crippen LogP contribution is -2.38. The monoisotopic (exact) mass is 400 g/mol. The number of rotatable bonds is 6. The SMILES string of the molecule is CC(C)(C)OC(=O)N(CCOc1cccc2[nH]cc(Cl)c12)Cc1ccccc1. The highest BCUT2D eigenvalue weighted by molar-refractivity contribution is 6.36. The summed E-state index contributed by atoms with van der Waals surface area (Å²) in [6.45, 7) is 6.74. The molecule has 0 aliphatic rings. The molecule has 0 radical (unpaired) electrons. The zero-order chi connectivity index (χ0) is 20.1. The van der Waals surface area contributed by atoms with Gasteiger partial charge in [-0.1, -0.05) is 48.0 Å². The lowest BCUT2D eigenvalue weighted by Gasteiger charge is -2.27. The molecular weight excluding hydrogens is 376 g/mol. The lowest BCUT2D eigenvalue weighted by molar-refractivity contribution is 0.0209. The number of H-pyrrole nitrogens is 1. The quantitative estimate of drug-likeness (QED) is 0.582. The van der Waals surface area contributed by atoms with Crippen LogP contribution >= 0.6 is 11.6 Å². The second-order valence-electron chi connectivity index (χ2n) is 7.55. The van der Waals surface area contributed by atoms with Crippen LogP contribution in [0.5, 0.6) is 5.75 Å². The van der Waals surface area contributed by atoms with Crippen LogP contribution in [0.15, 0.2) is 54.7 Å². The second kappa shape index (κ2) is 8.57. The molecule has 0 atom stereocenters. The van der Waals surface area contributed by atoms with Crippen LogP contribution in [0.4, 0.5) is 4.79 Å². The first-order chi connectivity index (χ1) is 13.3. The normalized spacial score (nSPS) is 11.4. The van der Waals surface area contributed by atoms with E-state index in [1.807, 2.05) is 69.3 Å². The van der Waals surface area contributed by atoms with Gasteiger partial charge in [0.05, 0.1) is 22.5 Å². The molecule has 148 valence electrons. The van der Waals surface area contributed by atoms with Crippen molar-refractivity contribution >= 4 is 28.6 Å². The van der Waals surface area contributed by atoms with Crippen molar-refractivity contribution in [2.45, 2.75) is 32.9 Å². The van der Waals surface area contributed by atoms with E-state index in [0.29, 0.717) is 30.5 Å². The van der Waals surface area contributed by atoms with Gasteiger partial charge in [0.15, 0.2) is 0 Å². The van der Waals surface area contributed by atoms with Gasteiger partial charge in [0.1, 0.15) is 18.0 Å². The molecule has 0 saturated carbocycles. The summed E-state index contributed by atoms with van der Waals surface area (Å²) in [7, 11) is 0. The van der Waals surface area contributed by atoms with E-state index in [2.05, 4.69) is 4.98 Å². The fourth-order valence-electron chi connectivity index (χ4n) is 2.86. The van der Waals surface area contributed by atoms with Crippen molar-refractivity contribution in [2.24, 2.45) is 0 Å². The number of ether oxygens (including phenoxy) is 2. The topological polar surface area (TPSA) is 54.6 Å². The van der Waals surface area contributed by atoms with E-state index in [-0.39, 0.29) is 6.09 Å². The van der Waals surface area contributed by atoms with Crippen molar-refractivity contribution in [1.82, 2.24) is 9.88 Å². The molecule has 0 aliphatic heterocycles. The van der Waals surface area contributed by atoms with Crippen molar-refractivity contribution < 1.29 is 14.3 Å². The summed E-state index contributed by atoms with van der Waals surface area (Å²) in [5.41, 5.74) is 1.39. The van der Waals surface area contributed by atoms with Crippen LogP contribution in [0.25, 0.3) is 10.9 Å². The number of halogens is 1. The van der Waals surface area contributed by atoms with Gasteiger partial charge < -0.3 is 19.4 Å². The zero-order valence-corrected chi connectivity index (χ0v) is 17.1. The first-order valence-corrected chi connectivity index (χ1v) is 9.61. The number of amides is 1. The number of hydrogen-bond acceptors (Lipinski definition) is 3. The minimum atomic E-state index is -0.558. The Morgan fingerprint density at radius 1 is 1.11 bits per heavy atom. The molecule has 1 amide bonds. The minimum absolute atomic E-state index is 0.326. The van der Waals surface area contributed by atoms with Crippen LogP contribution in [0.3, 0.4) is 0 Å². The van der Waals surface area contributed by atoms with Crippen molar-refractivity contribution in [3.8, 4) is 5.75 Å². The van der Waals surface area contributed by atoms with Gasteiger partial charge in [-0.25, -0.2) is 4.79 Å². The fraction of sp³-hybridized carbons (Fsp3) is 0.318. The first kappa shape index (κ1) is 20.1. The van der Waals surface area contributed by atoms with Gasteiger partial charge in [-0.05, 0) is 38.5 Å². The number of aromatic amines is 1. The number of nitrogens with one attached hydrogen (secondary N) is 1. The van der Waals surface area contributed by atoms with Crippen LogP contribution in [-0.2, 0) is 11.3 Å². The first-order valence-electron chi connectivity index (χ1n) is 9.24. The highest BCUT2D eigenvalue weighted by Gasteiger charge is 2.22. The van der Waals surface area contributed by atoms with Crippen molar-refractivity contribution in [1.29, 1.82) is 0 Å². The standard InChI is InChI=1S/C22H25ClN2O3/c1-22(2,3)28-21(26)25(15-16-8-5-4-6-9-16)12-13-27-19-11-7-10-18-20(19)17(23)14-24-18/h4-11,14,24H,12-13,15H2,1-3H3. The largest absolute Gasteiger partial charge is 0.491 e. The van der Waals surface area contributed by atoms with Crippen LogP contribution in [0, 0.1) is 0 Å². The summed E-state index contributed by atoms with van der Waals surface area (Å²) in [5, 5.41) is 1.45. The van der Waals surface area contributed by atoms with Crippen molar-refractivity contribution in [2.75, 3.05) is 13.2 Å². The van der Waals surface area contributed by atoms with Gasteiger partial charge in [0, 0.05) is 12.7 Å². The predicted molar refractivity (Wildman–Crippen MR) is 112 cm³/mol. The number of aromatic nitrogens is 1. The second-order valence-corrected chi connectivity index (χ2v) is 7.96. The maximum atomic E-state index is 12.7. The number of carbonyl (C=O) groups is 1. The molecule has 0 bridgehead atoms. The summed E-state index contributed by atoms with van der Waals surface area (Å²) in [6.07, 6.45) is 1.37. The number of benzene rings is 2. The Bertz CT molecular complexity index is 932. The number of nitrogens with zero attached hydrogens (tertiary/aromatic N) is 1. The average Bonchev–Trinajstić information content (AvgIpc) is 3.02. The van der Waals surface area contributed by atoms with E-state index >= 15 is 0 Å². The number of hydrogen-bond donors (Lipinski definition) is 1.